The van der Waals surface area contributed by atoms with Crippen LogP contribution in [0.15, 0.2) is 40.9 Å². The molecule has 0 aliphatic rings. The molecule has 0 radical (unpaired) electrons. The van der Waals surface area contributed by atoms with E-state index < -0.39 is 15.9 Å². The molecule has 0 unspecified atom stereocenters. The van der Waals surface area contributed by atoms with E-state index in [4.69, 9.17) is 11.6 Å². The molecule has 0 heterocycles. The van der Waals surface area contributed by atoms with Gasteiger partial charge in [-0.2, -0.15) is 0 Å². The molecule has 2 rings (SSSR count). The monoisotopic (exact) mass is 444 g/mol. The zero-order valence-electron chi connectivity index (χ0n) is 14.0. The van der Waals surface area contributed by atoms with E-state index in [-0.39, 0.29) is 6.54 Å². The van der Waals surface area contributed by atoms with Gasteiger partial charge >= 0.3 is 0 Å². The standard InChI is InChI=1S/C17H18BrClN2O3S/c1-11-4-5-13(19)9-16(11)20-17(22)10-21(25(3,23)24)14-6-7-15(18)12(2)8-14/h4-9H,10H2,1-3H3,(H,20,22). The number of halogens is 2. The van der Waals surface area contributed by atoms with Crippen molar-refractivity contribution in [2.75, 3.05) is 22.4 Å². The first kappa shape index (κ1) is 19.8. The van der Waals surface area contributed by atoms with Crippen LogP contribution in [0, 0.1) is 13.8 Å². The van der Waals surface area contributed by atoms with Gasteiger partial charge in [-0.05, 0) is 55.3 Å². The fourth-order valence-electron chi connectivity index (χ4n) is 2.23. The van der Waals surface area contributed by atoms with Gasteiger partial charge < -0.3 is 5.32 Å². The smallest absolute Gasteiger partial charge is 0.245 e. The minimum absolute atomic E-state index is 0.328. The van der Waals surface area contributed by atoms with Crippen molar-refractivity contribution in [3.8, 4) is 0 Å². The molecular formula is C17H18BrClN2O3S. The van der Waals surface area contributed by atoms with Crippen LogP contribution >= 0.6 is 27.5 Å². The Hall–Kier alpha value is -1.57. The molecule has 5 nitrogen and oxygen atoms in total. The second-order valence-electron chi connectivity index (χ2n) is 5.71. The average Bonchev–Trinajstić information content (AvgIpc) is 2.50. The molecule has 2 aromatic carbocycles. The van der Waals surface area contributed by atoms with Crippen LogP contribution in [0.5, 0.6) is 0 Å². The highest BCUT2D eigenvalue weighted by Crippen LogP contribution is 2.25. The van der Waals surface area contributed by atoms with E-state index in [1.54, 1.807) is 36.4 Å². The zero-order chi connectivity index (χ0) is 18.8. The second kappa shape index (κ2) is 7.76. The molecule has 0 aliphatic heterocycles. The van der Waals surface area contributed by atoms with E-state index in [9.17, 15) is 13.2 Å². The fourth-order valence-corrected chi connectivity index (χ4v) is 3.50. The summed E-state index contributed by atoms with van der Waals surface area (Å²) in [4.78, 5) is 12.4. The molecule has 25 heavy (non-hydrogen) atoms. The zero-order valence-corrected chi connectivity index (χ0v) is 17.2. The largest absolute Gasteiger partial charge is 0.324 e. The van der Waals surface area contributed by atoms with Crippen LogP contribution < -0.4 is 9.62 Å². The third-order valence-electron chi connectivity index (χ3n) is 3.59. The lowest BCUT2D eigenvalue weighted by molar-refractivity contribution is -0.114. The lowest BCUT2D eigenvalue weighted by atomic mass is 10.2. The number of nitrogens with one attached hydrogen (secondary N) is 1. The molecule has 2 aromatic rings. The maximum absolute atomic E-state index is 12.4. The number of carbonyl (C=O) groups excluding carboxylic acids is 1. The summed E-state index contributed by atoms with van der Waals surface area (Å²) in [5.41, 5.74) is 2.69. The minimum atomic E-state index is -3.62. The summed E-state index contributed by atoms with van der Waals surface area (Å²) in [6.07, 6.45) is 1.07. The number of hydrogen-bond donors (Lipinski definition) is 1. The molecule has 8 heteroatoms. The summed E-state index contributed by atoms with van der Waals surface area (Å²) >= 11 is 9.32. The lowest BCUT2D eigenvalue weighted by Gasteiger charge is -2.22. The van der Waals surface area contributed by atoms with Crippen LogP contribution in [0.3, 0.4) is 0 Å². The minimum Gasteiger partial charge on any atom is -0.324 e. The van der Waals surface area contributed by atoms with Crippen LogP contribution in [-0.4, -0.2) is 27.1 Å². The Kier molecular flexibility index (Phi) is 6.13. The van der Waals surface area contributed by atoms with Gasteiger partial charge in [0.2, 0.25) is 15.9 Å². The van der Waals surface area contributed by atoms with Gasteiger partial charge in [0.25, 0.3) is 0 Å². The molecule has 0 aliphatic carbocycles. The van der Waals surface area contributed by atoms with Crippen molar-refractivity contribution in [3.63, 3.8) is 0 Å². The fraction of sp³-hybridized carbons (Fsp3) is 0.235. The van der Waals surface area contributed by atoms with Gasteiger partial charge in [0.05, 0.1) is 11.9 Å². The van der Waals surface area contributed by atoms with Gasteiger partial charge in [0.1, 0.15) is 6.54 Å². The summed E-state index contributed by atoms with van der Waals surface area (Å²) in [7, 11) is -3.62. The summed E-state index contributed by atoms with van der Waals surface area (Å²) < 4.78 is 26.2. The van der Waals surface area contributed by atoms with Crippen LogP contribution in [0.25, 0.3) is 0 Å². The first-order chi connectivity index (χ1) is 11.6. The van der Waals surface area contributed by atoms with Crippen molar-refractivity contribution >= 4 is 54.8 Å². The van der Waals surface area contributed by atoms with Crippen LogP contribution in [0.2, 0.25) is 5.02 Å². The van der Waals surface area contributed by atoms with E-state index in [1.165, 1.54) is 0 Å². The predicted octanol–water partition coefficient (Wildman–Crippen LogP) is 4.12. The summed E-state index contributed by atoms with van der Waals surface area (Å²) in [5, 5.41) is 3.20. The number of carbonyl (C=O) groups is 1. The molecule has 0 aromatic heterocycles. The Morgan fingerprint density at radius 3 is 2.44 bits per heavy atom. The van der Waals surface area contributed by atoms with Gasteiger partial charge in [-0.15, -0.1) is 0 Å². The number of nitrogens with zero attached hydrogens (tertiary/aromatic N) is 1. The first-order valence-electron chi connectivity index (χ1n) is 7.38. The number of amides is 1. The molecule has 0 fully saturated rings. The van der Waals surface area contributed by atoms with E-state index >= 15 is 0 Å². The Morgan fingerprint density at radius 1 is 1.16 bits per heavy atom. The first-order valence-corrected chi connectivity index (χ1v) is 10.4. The van der Waals surface area contributed by atoms with Crippen molar-refractivity contribution < 1.29 is 13.2 Å². The topological polar surface area (TPSA) is 66.5 Å². The molecular weight excluding hydrogens is 428 g/mol. The molecule has 1 N–H and O–H groups in total. The van der Waals surface area contributed by atoms with Gasteiger partial charge in [0.15, 0.2) is 0 Å². The highest BCUT2D eigenvalue weighted by Gasteiger charge is 2.21. The van der Waals surface area contributed by atoms with Crippen molar-refractivity contribution in [2.45, 2.75) is 13.8 Å². The Balaban J connectivity index is 2.27. The van der Waals surface area contributed by atoms with E-state index in [0.717, 1.165) is 26.2 Å². The Bertz CT molecular complexity index is 916. The normalized spacial score (nSPS) is 11.2. The van der Waals surface area contributed by atoms with E-state index in [1.807, 2.05) is 13.8 Å². The molecule has 0 saturated heterocycles. The SMILES string of the molecule is Cc1cc(N(CC(=O)Nc2cc(Cl)ccc2C)S(C)(=O)=O)ccc1Br. The molecule has 0 bridgehead atoms. The number of benzene rings is 2. The van der Waals surface area contributed by atoms with Crippen molar-refractivity contribution in [1.82, 2.24) is 0 Å². The van der Waals surface area contributed by atoms with Gasteiger partial charge in [-0.3, -0.25) is 9.10 Å². The third-order valence-corrected chi connectivity index (χ3v) is 5.86. The number of rotatable bonds is 5. The Morgan fingerprint density at radius 2 is 1.84 bits per heavy atom. The van der Waals surface area contributed by atoms with Gasteiger partial charge in [-0.1, -0.05) is 33.6 Å². The summed E-state index contributed by atoms with van der Waals surface area (Å²) in [6.45, 7) is 3.35. The highest BCUT2D eigenvalue weighted by atomic mass is 79.9. The number of aryl methyl sites for hydroxylation is 2. The van der Waals surface area contributed by atoms with Gasteiger partial charge in [-0.25, -0.2) is 8.42 Å². The highest BCUT2D eigenvalue weighted by molar-refractivity contribution is 9.10. The van der Waals surface area contributed by atoms with E-state index in [2.05, 4.69) is 21.2 Å². The quantitative estimate of drug-likeness (QED) is 0.752. The average molecular weight is 446 g/mol. The molecule has 0 saturated carbocycles. The van der Waals surface area contributed by atoms with Crippen molar-refractivity contribution in [3.05, 3.63) is 57.0 Å². The number of hydrogen-bond acceptors (Lipinski definition) is 3. The number of sulfonamides is 1. The maximum atomic E-state index is 12.4. The van der Waals surface area contributed by atoms with Crippen LogP contribution in [0.4, 0.5) is 11.4 Å². The predicted molar refractivity (Wildman–Crippen MR) is 106 cm³/mol. The van der Waals surface area contributed by atoms with Crippen molar-refractivity contribution in [2.24, 2.45) is 0 Å². The van der Waals surface area contributed by atoms with Gasteiger partial charge in [0, 0.05) is 15.2 Å². The third kappa shape index (κ3) is 5.20. The maximum Gasteiger partial charge on any atom is 0.245 e. The molecule has 0 spiro atoms. The summed E-state index contributed by atoms with van der Waals surface area (Å²) in [6, 6.07) is 10.2. The molecule has 134 valence electrons. The molecule has 1 amide bonds. The second-order valence-corrected chi connectivity index (χ2v) is 8.91. The van der Waals surface area contributed by atoms with Crippen LogP contribution in [0.1, 0.15) is 11.1 Å². The molecule has 0 atom stereocenters. The summed E-state index contributed by atoms with van der Waals surface area (Å²) in [5.74, 6) is -0.448. The lowest BCUT2D eigenvalue weighted by Crippen LogP contribution is -2.37. The Labute approximate surface area is 161 Å². The van der Waals surface area contributed by atoms with E-state index in [0.29, 0.717) is 16.4 Å². The number of anilines is 2. The van der Waals surface area contributed by atoms with Crippen molar-refractivity contribution in [1.29, 1.82) is 0 Å². The van der Waals surface area contributed by atoms with Crippen LogP contribution in [-0.2, 0) is 14.8 Å².